The van der Waals surface area contributed by atoms with Crippen molar-refractivity contribution < 1.29 is 47.0 Å². The molecule has 3 rings (SSSR count). The number of amides is 1. The fourth-order valence-corrected chi connectivity index (χ4v) is 4.45. The van der Waals surface area contributed by atoms with E-state index in [1.54, 1.807) is 12.1 Å². The Morgan fingerprint density at radius 1 is 1.27 bits per heavy atom. The van der Waals surface area contributed by atoms with E-state index in [-0.39, 0.29) is 43.5 Å². The van der Waals surface area contributed by atoms with Crippen LogP contribution in [0.2, 0.25) is 0 Å². The van der Waals surface area contributed by atoms with Crippen molar-refractivity contribution in [3.63, 3.8) is 0 Å². The predicted octanol–water partition coefficient (Wildman–Crippen LogP) is 3.13. The normalized spacial score (nSPS) is 14.1. The summed E-state index contributed by atoms with van der Waals surface area (Å²) >= 11 is 1.09. The van der Waals surface area contributed by atoms with Gasteiger partial charge in [0.15, 0.2) is 0 Å². The SMILES string of the molecule is C=C1[C-]=C(C(=C)CCC)N=C(c2cc(SC[C@](C)(O)C(=O)Nc3ccc(C#N)c(C(F)(F)F)c3)ccc2O)N1.[CH3-].[Li+]. The topological polar surface area (TPSA) is 118 Å². The predicted molar refractivity (Wildman–Crippen MR) is 150 cm³/mol. The number of nitriles is 1. The number of thioether (sulfide) groups is 1. The molecule has 2 aromatic carbocycles. The number of allylic oxidation sites excluding steroid dienone is 2. The summed E-state index contributed by atoms with van der Waals surface area (Å²) in [6, 6.07) is 8.87. The zero-order valence-electron chi connectivity index (χ0n) is 23.2. The Labute approximate surface area is 254 Å². The summed E-state index contributed by atoms with van der Waals surface area (Å²) in [4.78, 5) is 17.8. The quantitative estimate of drug-likeness (QED) is 0.207. The molecule has 1 heterocycles. The second-order valence-electron chi connectivity index (χ2n) is 8.96. The van der Waals surface area contributed by atoms with Crippen LogP contribution < -0.4 is 29.5 Å². The van der Waals surface area contributed by atoms with Gasteiger partial charge in [0.1, 0.15) is 17.2 Å². The van der Waals surface area contributed by atoms with Gasteiger partial charge in [-0.05, 0) is 49.0 Å². The van der Waals surface area contributed by atoms with Gasteiger partial charge >= 0.3 is 25.0 Å². The number of alkyl halides is 3. The van der Waals surface area contributed by atoms with Crippen LogP contribution in [0.15, 0.2) is 76.4 Å². The number of benzene rings is 2. The summed E-state index contributed by atoms with van der Waals surface area (Å²) in [5.74, 6) is -0.825. The van der Waals surface area contributed by atoms with Crippen molar-refractivity contribution in [2.45, 2.75) is 43.4 Å². The maximum atomic E-state index is 13.2. The molecule has 0 spiro atoms. The Morgan fingerprint density at radius 2 is 1.95 bits per heavy atom. The monoisotopic (exact) mass is 577 g/mol. The number of aromatic hydroxyl groups is 1. The molecule has 4 N–H and O–H groups in total. The Kier molecular flexibility index (Phi) is 12.6. The molecule has 0 saturated carbocycles. The molecular formula is C29H29F3LiN4O3S-. The number of hydrogen-bond donors (Lipinski definition) is 4. The molecule has 2 aromatic rings. The van der Waals surface area contributed by atoms with Gasteiger partial charge in [0.25, 0.3) is 5.91 Å². The van der Waals surface area contributed by atoms with E-state index in [0.29, 0.717) is 40.2 Å². The number of anilines is 1. The summed E-state index contributed by atoms with van der Waals surface area (Å²) < 4.78 is 39.7. The van der Waals surface area contributed by atoms with Gasteiger partial charge in [-0.15, -0.1) is 30.0 Å². The third-order valence-electron chi connectivity index (χ3n) is 5.58. The number of amidine groups is 1. The minimum absolute atomic E-state index is 0. The maximum Gasteiger partial charge on any atom is 1.00 e. The number of halogens is 3. The molecule has 212 valence electrons. The average molecular weight is 578 g/mol. The van der Waals surface area contributed by atoms with Gasteiger partial charge in [0.05, 0.1) is 22.8 Å². The summed E-state index contributed by atoms with van der Waals surface area (Å²) in [7, 11) is 0. The molecule has 1 aliphatic rings. The van der Waals surface area contributed by atoms with Crippen LogP contribution in [0.4, 0.5) is 18.9 Å². The Balaban J connectivity index is 0.00000420. The van der Waals surface area contributed by atoms with Crippen molar-refractivity contribution in [1.29, 1.82) is 5.26 Å². The van der Waals surface area contributed by atoms with E-state index < -0.39 is 28.8 Å². The fourth-order valence-electron chi connectivity index (χ4n) is 3.50. The summed E-state index contributed by atoms with van der Waals surface area (Å²) in [6.45, 7) is 11.1. The van der Waals surface area contributed by atoms with E-state index >= 15 is 0 Å². The number of carbonyl (C=O) groups excluding carboxylic acids is 1. The van der Waals surface area contributed by atoms with Crippen LogP contribution >= 0.6 is 11.8 Å². The van der Waals surface area contributed by atoms with Crippen LogP contribution in [-0.2, 0) is 11.0 Å². The summed E-state index contributed by atoms with van der Waals surface area (Å²) in [6.07, 6.45) is -0.195. The number of hydrogen-bond acceptors (Lipinski definition) is 7. The number of rotatable bonds is 9. The van der Waals surface area contributed by atoms with Crippen LogP contribution in [0.1, 0.15) is 43.4 Å². The smallest absolute Gasteiger partial charge is 0.507 e. The average Bonchev–Trinajstić information content (AvgIpc) is 2.87. The van der Waals surface area contributed by atoms with Gasteiger partial charge in [-0.1, -0.05) is 25.5 Å². The first-order valence-electron chi connectivity index (χ1n) is 11.7. The van der Waals surface area contributed by atoms with E-state index in [2.05, 4.69) is 34.9 Å². The molecular weight excluding hydrogens is 548 g/mol. The van der Waals surface area contributed by atoms with Crippen LogP contribution in [0.25, 0.3) is 0 Å². The molecule has 1 atom stereocenters. The first-order chi connectivity index (χ1) is 18.2. The van der Waals surface area contributed by atoms with E-state index in [4.69, 9.17) is 5.26 Å². The minimum Gasteiger partial charge on any atom is -0.507 e. The number of nitrogens with zero attached hydrogens (tertiary/aromatic N) is 2. The van der Waals surface area contributed by atoms with Crippen molar-refractivity contribution >= 4 is 29.2 Å². The van der Waals surface area contributed by atoms with Crippen LogP contribution in [0.3, 0.4) is 0 Å². The van der Waals surface area contributed by atoms with Crippen LogP contribution in [-0.4, -0.2) is 33.3 Å². The third-order valence-corrected chi connectivity index (χ3v) is 6.88. The molecule has 0 fully saturated rings. The Morgan fingerprint density at radius 3 is 2.56 bits per heavy atom. The van der Waals surface area contributed by atoms with Gasteiger partial charge in [-0.3, -0.25) is 9.79 Å². The number of phenols is 1. The van der Waals surface area contributed by atoms with E-state index in [1.165, 1.54) is 19.1 Å². The number of nitrogens with one attached hydrogen (secondary N) is 2. The second kappa shape index (κ2) is 14.5. The molecule has 0 saturated heterocycles. The number of phenolic OH excluding ortho intramolecular Hbond substituents is 1. The van der Waals surface area contributed by atoms with Gasteiger partial charge in [0.2, 0.25) is 0 Å². The number of aliphatic hydroxyl groups is 1. The largest absolute Gasteiger partial charge is 1.00 e. The van der Waals surface area contributed by atoms with Crippen molar-refractivity contribution in [3.8, 4) is 11.8 Å². The first-order valence-corrected chi connectivity index (χ1v) is 12.7. The molecule has 12 heteroatoms. The minimum atomic E-state index is -4.79. The first kappa shape index (κ1) is 35.6. The maximum absolute atomic E-state index is 13.2. The standard InChI is InChI=1S/C28H26F3N4O3S.CH3.Li/c1-5-6-16(2)23-11-17(3)33-25(35-23)21-13-20(9-10-24(21)36)39-15-27(4,38)26(37)34-19-8-7-18(14-32)22(12-19)28(29,30)31;;/h7-10,12-13,36,38H,2-3,5-6,15H2,1,4H3,(H,33,35)(H,34,37);1H3;/q2*-1;+1/t27-;;/m0../s1. The molecule has 41 heavy (non-hydrogen) atoms. The van der Waals surface area contributed by atoms with Gasteiger partial charge in [-0.25, -0.2) is 0 Å². The molecule has 7 nitrogen and oxygen atoms in total. The third kappa shape index (κ3) is 9.04. The summed E-state index contributed by atoms with van der Waals surface area (Å²) in [5, 5.41) is 35.4. The van der Waals surface area contributed by atoms with E-state index in [0.717, 1.165) is 35.9 Å². The second-order valence-corrected chi connectivity index (χ2v) is 10.0. The Bertz CT molecular complexity index is 1430. The zero-order valence-corrected chi connectivity index (χ0v) is 24.1. The number of carbonyl (C=O) groups is 1. The molecule has 0 unspecified atom stereocenters. The molecule has 0 aromatic heterocycles. The molecule has 0 bridgehead atoms. The zero-order chi connectivity index (χ0) is 29.0. The molecule has 0 radical (unpaired) electrons. The van der Waals surface area contributed by atoms with Crippen molar-refractivity contribution in [1.82, 2.24) is 5.32 Å². The van der Waals surface area contributed by atoms with Crippen LogP contribution in [0.5, 0.6) is 5.75 Å². The summed E-state index contributed by atoms with van der Waals surface area (Å²) in [5.41, 5.74) is -1.88. The molecule has 1 amide bonds. The van der Waals surface area contributed by atoms with Gasteiger partial charge in [0, 0.05) is 16.3 Å². The van der Waals surface area contributed by atoms with Crippen molar-refractivity contribution in [2.75, 3.05) is 11.1 Å². The fraction of sp³-hybridized carbons (Fsp3) is 0.241. The molecule has 1 aliphatic heterocycles. The van der Waals surface area contributed by atoms with Crippen molar-refractivity contribution in [3.05, 3.63) is 96.7 Å². The molecule has 0 aliphatic carbocycles. The van der Waals surface area contributed by atoms with Crippen LogP contribution in [0, 0.1) is 24.8 Å². The van der Waals surface area contributed by atoms with E-state index in [1.807, 2.05) is 6.92 Å². The van der Waals surface area contributed by atoms with Gasteiger partial charge in [-0.2, -0.15) is 25.0 Å². The number of aliphatic imine (C=N–C) groups is 1. The Hall–Kier alpha value is -3.41. The van der Waals surface area contributed by atoms with Gasteiger partial charge < -0.3 is 28.3 Å². The van der Waals surface area contributed by atoms with E-state index in [9.17, 15) is 28.2 Å². The van der Waals surface area contributed by atoms with Crippen molar-refractivity contribution in [2.24, 2.45) is 4.99 Å².